The third kappa shape index (κ3) is 4.70. The molecular formula is C20H32BF3N2OS. The van der Waals surface area contributed by atoms with Crippen molar-refractivity contribution in [3.63, 3.8) is 0 Å². The molecule has 4 fully saturated rings. The Morgan fingerprint density at radius 2 is 1.68 bits per heavy atom. The molecular weight excluding hydrogens is 384 g/mol. The van der Waals surface area contributed by atoms with Crippen molar-refractivity contribution in [1.82, 2.24) is 10.8 Å². The van der Waals surface area contributed by atoms with Crippen LogP contribution in [0.5, 0.6) is 0 Å². The molecule has 4 aliphatic rings. The Balaban J connectivity index is 1.35. The first kappa shape index (κ1) is 21.3. The molecule has 3 nitrogen and oxygen atoms in total. The van der Waals surface area contributed by atoms with Gasteiger partial charge < -0.3 is 0 Å². The molecule has 0 aromatic heterocycles. The van der Waals surface area contributed by atoms with Crippen LogP contribution in [-0.2, 0) is 4.84 Å². The molecule has 2 saturated carbocycles. The second-order valence-electron chi connectivity index (χ2n) is 9.25. The first-order valence-electron chi connectivity index (χ1n) is 11.0. The summed E-state index contributed by atoms with van der Waals surface area (Å²) in [4.78, 5) is 5.78. The fraction of sp³-hybridized carbons (Fsp3) is 1.00. The van der Waals surface area contributed by atoms with Gasteiger partial charge in [0.15, 0.2) is 0 Å². The molecule has 28 heavy (non-hydrogen) atoms. The summed E-state index contributed by atoms with van der Waals surface area (Å²) in [5, 5.41) is 2.09. The van der Waals surface area contributed by atoms with E-state index in [2.05, 4.69) is 10.8 Å². The molecule has 2 aliphatic heterocycles. The van der Waals surface area contributed by atoms with Gasteiger partial charge in [0.05, 0.1) is 14.0 Å². The van der Waals surface area contributed by atoms with Crippen molar-refractivity contribution in [2.45, 2.75) is 99.6 Å². The van der Waals surface area contributed by atoms with Gasteiger partial charge in [-0.15, -0.1) is 11.8 Å². The van der Waals surface area contributed by atoms with E-state index in [-0.39, 0.29) is 29.5 Å². The van der Waals surface area contributed by atoms with Gasteiger partial charge in [-0.1, -0.05) is 51.3 Å². The molecule has 5 unspecified atom stereocenters. The average Bonchev–Trinajstić information content (AvgIpc) is 3.36. The summed E-state index contributed by atoms with van der Waals surface area (Å²) in [6.45, 7) is 0. The van der Waals surface area contributed by atoms with Crippen LogP contribution in [0.2, 0.25) is 6.32 Å². The normalized spacial score (nSPS) is 43.5. The van der Waals surface area contributed by atoms with Crippen LogP contribution in [0.3, 0.4) is 0 Å². The molecule has 0 spiro atoms. The molecule has 4 rings (SSSR count). The maximum Gasteiger partial charge on any atom is 0.400 e. The molecule has 5 atom stereocenters. The van der Waals surface area contributed by atoms with Crippen molar-refractivity contribution in [3.05, 3.63) is 0 Å². The minimum absolute atomic E-state index is 0.0439. The topological polar surface area (TPSA) is 33.3 Å². The minimum Gasteiger partial charge on any atom is -0.280 e. The number of thioether (sulfide) groups is 1. The predicted molar refractivity (Wildman–Crippen MR) is 107 cm³/mol. The van der Waals surface area contributed by atoms with Gasteiger partial charge in [-0.2, -0.15) is 18.7 Å². The monoisotopic (exact) mass is 416 g/mol. The van der Waals surface area contributed by atoms with E-state index in [1.165, 1.54) is 6.42 Å². The van der Waals surface area contributed by atoms with Crippen molar-refractivity contribution in [2.75, 3.05) is 0 Å². The van der Waals surface area contributed by atoms with Gasteiger partial charge in [0.25, 0.3) is 0 Å². The van der Waals surface area contributed by atoms with E-state index in [1.807, 2.05) is 0 Å². The summed E-state index contributed by atoms with van der Waals surface area (Å²) >= 11 is 1.10. The minimum atomic E-state index is -4.13. The Kier molecular flexibility index (Phi) is 6.90. The quantitative estimate of drug-likeness (QED) is 0.646. The molecule has 158 valence electrons. The third-order valence-electron chi connectivity index (χ3n) is 7.49. The Hall–Kier alpha value is 0.0849. The van der Waals surface area contributed by atoms with Crippen LogP contribution in [0.4, 0.5) is 13.2 Å². The standard InChI is InChI=1S/C20H32BF3N2OS/c21-11-12-6-8-14(9-7-12)18-25-19(27-26-18)16-10-15(13-4-2-1-3-5-13)17(28-16)20(22,23)24/h12-19,25-26H,1-11H2. The van der Waals surface area contributed by atoms with E-state index in [0.29, 0.717) is 18.3 Å². The predicted octanol–water partition coefficient (Wildman–Crippen LogP) is 4.79. The number of rotatable bonds is 4. The zero-order valence-electron chi connectivity index (χ0n) is 16.4. The average molecular weight is 416 g/mol. The fourth-order valence-corrected chi connectivity index (χ4v) is 7.49. The number of alkyl halides is 3. The lowest BCUT2D eigenvalue weighted by Gasteiger charge is -2.31. The molecule has 0 aromatic carbocycles. The van der Waals surface area contributed by atoms with Gasteiger partial charge in [-0.05, 0) is 42.9 Å². The summed E-state index contributed by atoms with van der Waals surface area (Å²) in [5.41, 5.74) is 3.10. The largest absolute Gasteiger partial charge is 0.400 e. The first-order chi connectivity index (χ1) is 13.5. The van der Waals surface area contributed by atoms with Crippen LogP contribution >= 0.6 is 11.8 Å². The molecule has 0 amide bonds. The number of halogens is 3. The Bertz CT molecular complexity index is 512. The van der Waals surface area contributed by atoms with Crippen LogP contribution in [0.25, 0.3) is 0 Å². The van der Waals surface area contributed by atoms with E-state index < -0.39 is 11.4 Å². The molecule has 8 heteroatoms. The zero-order valence-corrected chi connectivity index (χ0v) is 17.2. The molecule has 2 radical (unpaired) electrons. The van der Waals surface area contributed by atoms with Gasteiger partial charge >= 0.3 is 6.18 Å². The van der Waals surface area contributed by atoms with Crippen LogP contribution < -0.4 is 10.8 Å². The molecule has 0 aromatic rings. The van der Waals surface area contributed by atoms with Crippen molar-refractivity contribution < 1.29 is 18.0 Å². The second kappa shape index (κ2) is 9.07. The summed E-state index contributed by atoms with van der Waals surface area (Å²) in [7, 11) is 5.78. The number of hydrogen-bond donors (Lipinski definition) is 2. The summed E-state index contributed by atoms with van der Waals surface area (Å²) in [5.74, 6) is 1.03. The lowest BCUT2D eigenvalue weighted by Crippen LogP contribution is -2.43. The van der Waals surface area contributed by atoms with Crippen LogP contribution in [0.15, 0.2) is 0 Å². The van der Waals surface area contributed by atoms with E-state index in [1.54, 1.807) is 0 Å². The van der Waals surface area contributed by atoms with Crippen LogP contribution in [-0.4, -0.2) is 36.9 Å². The lowest BCUT2D eigenvalue weighted by atomic mass is 9.75. The fourth-order valence-electron chi connectivity index (χ4n) is 5.82. The van der Waals surface area contributed by atoms with Crippen molar-refractivity contribution in [3.8, 4) is 0 Å². The van der Waals surface area contributed by atoms with Gasteiger partial charge in [-0.25, -0.2) is 0 Å². The van der Waals surface area contributed by atoms with Crippen LogP contribution in [0.1, 0.15) is 64.2 Å². The summed E-state index contributed by atoms with van der Waals surface area (Å²) in [6, 6.07) is 0. The Morgan fingerprint density at radius 3 is 2.32 bits per heavy atom. The number of hydroxylamine groups is 1. The van der Waals surface area contributed by atoms with E-state index in [0.717, 1.165) is 69.4 Å². The van der Waals surface area contributed by atoms with E-state index in [9.17, 15) is 13.2 Å². The van der Waals surface area contributed by atoms with Crippen molar-refractivity contribution >= 4 is 19.6 Å². The van der Waals surface area contributed by atoms with Crippen molar-refractivity contribution in [1.29, 1.82) is 0 Å². The Morgan fingerprint density at radius 1 is 0.964 bits per heavy atom. The third-order valence-corrected chi connectivity index (χ3v) is 9.19. The lowest BCUT2D eigenvalue weighted by molar-refractivity contribution is -0.141. The molecule has 2 aliphatic carbocycles. The van der Waals surface area contributed by atoms with Gasteiger partial charge in [-0.3, -0.25) is 10.2 Å². The highest BCUT2D eigenvalue weighted by molar-refractivity contribution is 8.00. The van der Waals surface area contributed by atoms with Crippen LogP contribution in [0, 0.1) is 23.7 Å². The molecule has 0 bridgehead atoms. The summed E-state index contributed by atoms with van der Waals surface area (Å²) < 4.78 is 41.3. The first-order valence-corrected chi connectivity index (χ1v) is 12.0. The van der Waals surface area contributed by atoms with Gasteiger partial charge in [0.2, 0.25) is 0 Å². The highest BCUT2D eigenvalue weighted by atomic mass is 32.2. The SMILES string of the molecule is [B]CC1CCC(C2NOC(C3CC(C4CCCCC4)C(C(F)(F)F)S3)N2)CC1. The number of hydrogen-bond acceptors (Lipinski definition) is 4. The second-order valence-corrected chi connectivity index (χ2v) is 10.6. The highest BCUT2D eigenvalue weighted by Crippen LogP contribution is 2.53. The summed E-state index contributed by atoms with van der Waals surface area (Å²) in [6.07, 6.45) is 6.60. The maximum absolute atomic E-state index is 13.8. The maximum atomic E-state index is 13.8. The van der Waals surface area contributed by atoms with Gasteiger partial charge in [0, 0.05) is 5.25 Å². The van der Waals surface area contributed by atoms with E-state index in [4.69, 9.17) is 12.7 Å². The number of nitrogens with one attached hydrogen (secondary N) is 2. The zero-order chi connectivity index (χ0) is 19.7. The Labute approximate surface area is 172 Å². The molecule has 2 saturated heterocycles. The highest BCUT2D eigenvalue weighted by Gasteiger charge is 2.55. The van der Waals surface area contributed by atoms with Gasteiger partial charge in [0.1, 0.15) is 11.5 Å². The van der Waals surface area contributed by atoms with Crippen molar-refractivity contribution in [2.24, 2.45) is 23.7 Å². The molecule has 2 N–H and O–H groups in total. The smallest absolute Gasteiger partial charge is 0.280 e. The molecule has 2 heterocycles. The van der Waals surface area contributed by atoms with E-state index >= 15 is 0 Å².